The number of carboxylic acids is 1. The Hall–Kier alpha value is -2.62. The van der Waals surface area contributed by atoms with E-state index in [1.54, 1.807) is 0 Å². The summed E-state index contributed by atoms with van der Waals surface area (Å²) in [7, 11) is 1.42. The van der Waals surface area contributed by atoms with Crippen LogP contribution < -0.4 is 16.9 Å². The van der Waals surface area contributed by atoms with E-state index >= 15 is 0 Å². The monoisotopic (exact) mass is 312 g/mol. The molecule has 0 atom stereocenters. The van der Waals surface area contributed by atoms with Crippen LogP contribution in [0.15, 0.2) is 31.8 Å². The predicted molar refractivity (Wildman–Crippen MR) is 72.0 cm³/mol. The number of aryl methyl sites for hydroxylation is 1. The van der Waals surface area contributed by atoms with Crippen LogP contribution in [0.3, 0.4) is 0 Å². The van der Waals surface area contributed by atoms with Crippen molar-refractivity contribution >= 4 is 23.4 Å². The lowest BCUT2D eigenvalue weighted by Crippen LogP contribution is -2.33. The van der Waals surface area contributed by atoms with Gasteiger partial charge < -0.3 is 10.8 Å². The molecule has 2 aromatic rings. The number of nitrogens with two attached hydrogens (primary N) is 1. The van der Waals surface area contributed by atoms with Crippen LogP contribution in [0.25, 0.3) is 0 Å². The van der Waals surface area contributed by atoms with E-state index in [1.165, 1.54) is 13.1 Å². The van der Waals surface area contributed by atoms with Crippen molar-refractivity contribution in [2.24, 2.45) is 7.05 Å². The van der Waals surface area contributed by atoms with E-state index in [4.69, 9.17) is 10.8 Å². The Bertz CT molecular complexity index is 845. The molecule has 0 radical (unpaired) electrons. The summed E-state index contributed by atoms with van der Waals surface area (Å²) < 4.78 is 14.5. The second-order valence-corrected chi connectivity index (χ2v) is 4.95. The summed E-state index contributed by atoms with van der Waals surface area (Å²) in [4.78, 5) is 37.1. The number of aromatic carboxylic acids is 1. The van der Waals surface area contributed by atoms with Crippen molar-refractivity contribution in [3.05, 3.63) is 44.2 Å². The number of halogens is 1. The molecular formula is C11H9FN4O4S. The Balaban J connectivity index is 2.57. The molecule has 10 heteroatoms. The first kappa shape index (κ1) is 14.8. The smallest absolute Gasteiger partial charge is 0.339 e. The molecule has 0 fully saturated rings. The van der Waals surface area contributed by atoms with Gasteiger partial charge in [0.15, 0.2) is 5.16 Å². The zero-order chi connectivity index (χ0) is 15.7. The Morgan fingerprint density at radius 1 is 1.48 bits per heavy atom. The number of hydrogen-bond acceptors (Lipinski definition) is 6. The number of aromatic nitrogens is 3. The summed E-state index contributed by atoms with van der Waals surface area (Å²) in [6, 6.07) is 2.21. The van der Waals surface area contributed by atoms with Crippen LogP contribution in [0.2, 0.25) is 0 Å². The molecule has 0 unspecified atom stereocenters. The number of benzene rings is 1. The number of carboxylic acid groups (broad SMARTS) is 1. The molecule has 110 valence electrons. The Labute approximate surface area is 120 Å². The van der Waals surface area contributed by atoms with Crippen LogP contribution in [0.5, 0.6) is 0 Å². The summed E-state index contributed by atoms with van der Waals surface area (Å²) in [5.74, 6) is -2.27. The minimum absolute atomic E-state index is 0.0353. The maximum absolute atomic E-state index is 13.3. The van der Waals surface area contributed by atoms with Gasteiger partial charge in [0.2, 0.25) is 0 Å². The fourth-order valence-electron chi connectivity index (χ4n) is 1.53. The summed E-state index contributed by atoms with van der Waals surface area (Å²) >= 11 is 0.769. The van der Waals surface area contributed by atoms with Crippen molar-refractivity contribution in [2.75, 3.05) is 5.73 Å². The number of carbonyl (C=O) groups is 1. The highest BCUT2D eigenvalue weighted by molar-refractivity contribution is 7.99. The molecule has 2 rings (SSSR count). The van der Waals surface area contributed by atoms with Gasteiger partial charge in [-0.1, -0.05) is 0 Å². The number of nitrogens with one attached hydrogen (secondary N) is 1. The maximum Gasteiger partial charge on any atom is 0.339 e. The Morgan fingerprint density at radius 2 is 2.14 bits per heavy atom. The van der Waals surface area contributed by atoms with Gasteiger partial charge in [-0.05, 0) is 23.9 Å². The van der Waals surface area contributed by atoms with Gasteiger partial charge >= 0.3 is 17.1 Å². The molecule has 0 saturated carbocycles. The highest BCUT2D eigenvalue weighted by atomic mass is 32.2. The Kier molecular flexibility index (Phi) is 3.80. The molecule has 0 spiro atoms. The van der Waals surface area contributed by atoms with E-state index < -0.39 is 34.2 Å². The van der Waals surface area contributed by atoms with E-state index in [-0.39, 0.29) is 10.1 Å². The van der Waals surface area contributed by atoms with Gasteiger partial charge in [0, 0.05) is 11.9 Å². The molecule has 0 aliphatic rings. The van der Waals surface area contributed by atoms with Gasteiger partial charge in [-0.25, -0.2) is 9.18 Å². The molecule has 1 aromatic heterocycles. The zero-order valence-corrected chi connectivity index (χ0v) is 11.4. The lowest BCUT2D eigenvalue weighted by molar-refractivity contribution is 0.0694. The number of anilines is 1. The fourth-order valence-corrected chi connectivity index (χ4v) is 2.47. The average molecular weight is 312 g/mol. The maximum atomic E-state index is 13.3. The third-order valence-electron chi connectivity index (χ3n) is 2.52. The zero-order valence-electron chi connectivity index (χ0n) is 10.6. The highest BCUT2D eigenvalue weighted by Crippen LogP contribution is 2.32. The van der Waals surface area contributed by atoms with Gasteiger partial charge in [-0.3, -0.25) is 19.4 Å². The SMILES string of the molecule is Cn1[nH]c(=O)c(=O)nc1Sc1ccc(F)c(N)c1C(=O)O. The normalized spacial score (nSPS) is 10.6. The minimum Gasteiger partial charge on any atom is -0.478 e. The highest BCUT2D eigenvalue weighted by Gasteiger charge is 2.19. The largest absolute Gasteiger partial charge is 0.478 e. The van der Waals surface area contributed by atoms with Gasteiger partial charge in [0.05, 0.1) is 11.3 Å². The number of hydrogen-bond donors (Lipinski definition) is 3. The first-order valence-electron chi connectivity index (χ1n) is 5.47. The van der Waals surface area contributed by atoms with E-state index in [2.05, 4.69) is 10.1 Å². The van der Waals surface area contributed by atoms with Crippen LogP contribution in [0.4, 0.5) is 10.1 Å². The van der Waals surface area contributed by atoms with Crippen LogP contribution >= 0.6 is 11.8 Å². The van der Waals surface area contributed by atoms with E-state index in [0.29, 0.717) is 0 Å². The third-order valence-corrected chi connectivity index (χ3v) is 3.62. The average Bonchev–Trinajstić information content (AvgIpc) is 2.40. The lowest BCUT2D eigenvalue weighted by Gasteiger charge is -2.10. The summed E-state index contributed by atoms with van der Waals surface area (Å²) in [6.45, 7) is 0. The van der Waals surface area contributed by atoms with Gasteiger partial charge in [-0.15, -0.1) is 0 Å². The van der Waals surface area contributed by atoms with Crippen molar-refractivity contribution in [3.8, 4) is 0 Å². The molecule has 1 heterocycles. The molecule has 0 bridgehead atoms. The van der Waals surface area contributed by atoms with Crippen LogP contribution in [-0.2, 0) is 7.05 Å². The number of H-pyrrole nitrogens is 1. The number of nitrogen functional groups attached to an aromatic ring is 1. The first-order chi connectivity index (χ1) is 9.81. The summed E-state index contributed by atoms with van der Waals surface area (Å²) in [5.41, 5.74) is 2.56. The number of nitrogens with zero attached hydrogens (tertiary/aromatic N) is 2. The second kappa shape index (κ2) is 5.40. The quantitative estimate of drug-likeness (QED) is 0.538. The van der Waals surface area contributed by atoms with Crippen LogP contribution in [0.1, 0.15) is 10.4 Å². The van der Waals surface area contributed by atoms with Gasteiger partial charge in [0.25, 0.3) is 0 Å². The number of rotatable bonds is 3. The van der Waals surface area contributed by atoms with E-state index in [1.807, 2.05) is 0 Å². The van der Waals surface area contributed by atoms with Crippen molar-refractivity contribution in [1.29, 1.82) is 0 Å². The van der Waals surface area contributed by atoms with E-state index in [0.717, 1.165) is 22.5 Å². The molecule has 21 heavy (non-hydrogen) atoms. The molecule has 0 aliphatic carbocycles. The minimum atomic E-state index is -1.41. The molecule has 0 aliphatic heterocycles. The third kappa shape index (κ3) is 2.79. The summed E-state index contributed by atoms with van der Waals surface area (Å²) in [6.07, 6.45) is 0. The molecule has 1 aromatic carbocycles. The molecule has 4 N–H and O–H groups in total. The molecule has 0 amide bonds. The second-order valence-electron chi connectivity index (χ2n) is 3.94. The standard InChI is InChI=1S/C11H9FN4O4S/c1-16-11(14-8(17)9(18)15-16)21-5-3-2-4(12)7(13)6(5)10(19)20/h2-3H,13H2,1H3,(H,15,18)(H,19,20). The lowest BCUT2D eigenvalue weighted by atomic mass is 10.2. The van der Waals surface area contributed by atoms with Crippen molar-refractivity contribution in [3.63, 3.8) is 0 Å². The Morgan fingerprint density at radius 3 is 2.76 bits per heavy atom. The van der Waals surface area contributed by atoms with Crippen LogP contribution in [0, 0.1) is 5.82 Å². The van der Waals surface area contributed by atoms with Crippen molar-refractivity contribution < 1.29 is 14.3 Å². The molecular weight excluding hydrogens is 303 g/mol. The molecule has 0 saturated heterocycles. The van der Waals surface area contributed by atoms with Gasteiger partial charge in [0.1, 0.15) is 5.82 Å². The predicted octanol–water partition coefficient (Wildman–Crippen LogP) is 0.0393. The fraction of sp³-hybridized carbons (Fsp3) is 0.0909. The van der Waals surface area contributed by atoms with Crippen molar-refractivity contribution in [2.45, 2.75) is 10.1 Å². The topological polar surface area (TPSA) is 131 Å². The molecule has 8 nitrogen and oxygen atoms in total. The van der Waals surface area contributed by atoms with Crippen LogP contribution in [-0.4, -0.2) is 25.8 Å². The van der Waals surface area contributed by atoms with E-state index in [9.17, 15) is 18.8 Å². The summed E-state index contributed by atoms with van der Waals surface area (Å²) in [5, 5.41) is 11.4. The van der Waals surface area contributed by atoms with Gasteiger partial charge in [-0.2, -0.15) is 4.98 Å². The first-order valence-corrected chi connectivity index (χ1v) is 6.29. The van der Waals surface area contributed by atoms with Crippen molar-refractivity contribution in [1.82, 2.24) is 14.8 Å². The number of aromatic amines is 1.